The number of alkyl halides is 3. The zero-order valence-electron chi connectivity index (χ0n) is 17.0. The van der Waals surface area contributed by atoms with Crippen molar-refractivity contribution >= 4 is 23.4 Å². The maximum absolute atomic E-state index is 13.1. The van der Waals surface area contributed by atoms with Crippen molar-refractivity contribution in [2.24, 2.45) is 0 Å². The van der Waals surface area contributed by atoms with E-state index < -0.39 is 17.6 Å². The highest BCUT2D eigenvalue weighted by atomic mass is 32.2. The van der Waals surface area contributed by atoms with Crippen LogP contribution in [0, 0.1) is 0 Å². The molecule has 5 nitrogen and oxygen atoms in total. The van der Waals surface area contributed by atoms with E-state index in [1.54, 1.807) is 0 Å². The van der Waals surface area contributed by atoms with E-state index in [0.717, 1.165) is 24.7 Å². The molecule has 0 saturated heterocycles. The summed E-state index contributed by atoms with van der Waals surface area (Å²) >= 11 is 1.17. The molecule has 0 atom stereocenters. The summed E-state index contributed by atoms with van der Waals surface area (Å²) in [5.74, 6) is 0.238. The molecule has 0 aliphatic rings. The van der Waals surface area contributed by atoms with Crippen LogP contribution < -0.4 is 5.32 Å². The van der Waals surface area contributed by atoms with Crippen LogP contribution in [-0.2, 0) is 30.4 Å². The Hall–Kier alpha value is -2.81. The summed E-state index contributed by atoms with van der Waals surface area (Å²) in [5, 5.41) is 11.4. The first kappa shape index (κ1) is 22.9. The van der Waals surface area contributed by atoms with Crippen molar-refractivity contribution in [1.29, 1.82) is 0 Å². The minimum atomic E-state index is -4.54. The first-order valence-electron chi connectivity index (χ1n) is 9.93. The number of halogens is 3. The van der Waals surface area contributed by atoms with Gasteiger partial charge >= 0.3 is 6.18 Å². The number of benzene rings is 2. The van der Waals surface area contributed by atoms with Crippen LogP contribution in [0.3, 0.4) is 0 Å². The highest BCUT2D eigenvalue weighted by Gasteiger charge is 2.33. The van der Waals surface area contributed by atoms with Crippen LogP contribution in [0.5, 0.6) is 0 Å². The number of hydrogen-bond acceptors (Lipinski definition) is 4. The first-order chi connectivity index (χ1) is 14.9. The van der Waals surface area contributed by atoms with Crippen LogP contribution in [-0.4, -0.2) is 26.4 Å². The first-order valence-corrected chi connectivity index (χ1v) is 10.9. The molecule has 3 aromatic rings. The van der Waals surface area contributed by atoms with Gasteiger partial charge in [-0.3, -0.25) is 4.79 Å². The third-order valence-electron chi connectivity index (χ3n) is 4.56. The number of nitrogens with zero attached hydrogens (tertiary/aromatic N) is 3. The molecule has 9 heteroatoms. The van der Waals surface area contributed by atoms with E-state index in [1.165, 1.54) is 35.5 Å². The number of carbonyl (C=O) groups excluding carboxylic acids is 1. The maximum Gasteiger partial charge on any atom is 0.418 e. The van der Waals surface area contributed by atoms with Crippen LogP contribution in [0.2, 0.25) is 0 Å². The van der Waals surface area contributed by atoms with E-state index in [-0.39, 0.29) is 11.4 Å². The lowest BCUT2D eigenvalue weighted by Crippen LogP contribution is -2.18. The summed E-state index contributed by atoms with van der Waals surface area (Å²) in [4.78, 5) is 12.3. The molecule has 1 aromatic heterocycles. The zero-order valence-corrected chi connectivity index (χ0v) is 17.8. The van der Waals surface area contributed by atoms with Crippen molar-refractivity contribution in [3.8, 4) is 0 Å². The fourth-order valence-corrected chi connectivity index (χ4v) is 3.90. The molecule has 0 fully saturated rings. The molecular weight excluding hydrogens is 425 g/mol. The number of amides is 1. The summed E-state index contributed by atoms with van der Waals surface area (Å²) < 4.78 is 41.3. The second kappa shape index (κ2) is 10.5. The minimum Gasteiger partial charge on any atom is -0.325 e. The maximum atomic E-state index is 13.1. The predicted molar refractivity (Wildman–Crippen MR) is 115 cm³/mol. The molecule has 2 aromatic carbocycles. The van der Waals surface area contributed by atoms with Crippen LogP contribution in [0.25, 0.3) is 0 Å². The number of aromatic nitrogens is 3. The summed E-state index contributed by atoms with van der Waals surface area (Å²) in [5.41, 5.74) is 0.0790. The van der Waals surface area contributed by atoms with Crippen molar-refractivity contribution < 1.29 is 18.0 Å². The molecule has 0 saturated carbocycles. The molecule has 0 aliphatic heterocycles. The molecular formula is C22H23F3N4OS. The van der Waals surface area contributed by atoms with Gasteiger partial charge in [0.15, 0.2) is 5.16 Å². The standard InChI is InChI=1S/C22H23F3N4OS/c1-2-14-29-19(13-12-16-8-4-3-5-9-16)27-28-21(29)31-15-20(30)26-18-11-7-6-10-17(18)22(23,24)25/h3-11H,2,12-15H2,1H3,(H,26,30). The Morgan fingerprint density at radius 1 is 1.03 bits per heavy atom. The van der Waals surface area contributed by atoms with Crippen LogP contribution in [0.15, 0.2) is 59.8 Å². The van der Waals surface area contributed by atoms with Crippen LogP contribution in [0.1, 0.15) is 30.3 Å². The van der Waals surface area contributed by atoms with Gasteiger partial charge in [-0.05, 0) is 30.5 Å². The van der Waals surface area contributed by atoms with E-state index >= 15 is 0 Å². The van der Waals surface area contributed by atoms with Gasteiger partial charge in [-0.1, -0.05) is 61.2 Å². The van der Waals surface area contributed by atoms with E-state index in [1.807, 2.05) is 29.7 Å². The highest BCUT2D eigenvalue weighted by molar-refractivity contribution is 7.99. The minimum absolute atomic E-state index is 0.0628. The lowest BCUT2D eigenvalue weighted by Gasteiger charge is -2.13. The largest absolute Gasteiger partial charge is 0.418 e. The summed E-state index contributed by atoms with van der Waals surface area (Å²) in [6, 6.07) is 15.0. The number of aryl methyl sites for hydroxylation is 2. The second-order valence-electron chi connectivity index (χ2n) is 6.92. The van der Waals surface area contributed by atoms with Crippen molar-refractivity contribution in [2.75, 3.05) is 11.1 Å². The van der Waals surface area contributed by atoms with Gasteiger partial charge in [0, 0.05) is 13.0 Å². The number of carbonyl (C=O) groups is 1. The topological polar surface area (TPSA) is 59.8 Å². The van der Waals surface area contributed by atoms with Gasteiger partial charge in [0.2, 0.25) is 5.91 Å². The molecule has 1 amide bonds. The number of para-hydroxylation sites is 1. The monoisotopic (exact) mass is 448 g/mol. The molecule has 1 N–H and O–H groups in total. The van der Waals surface area contributed by atoms with Gasteiger partial charge in [0.25, 0.3) is 0 Å². The normalized spacial score (nSPS) is 11.5. The van der Waals surface area contributed by atoms with E-state index in [4.69, 9.17) is 0 Å². The molecule has 1 heterocycles. The second-order valence-corrected chi connectivity index (χ2v) is 7.86. The number of hydrogen-bond donors (Lipinski definition) is 1. The molecule has 0 radical (unpaired) electrons. The smallest absolute Gasteiger partial charge is 0.325 e. The van der Waals surface area contributed by atoms with E-state index in [0.29, 0.717) is 18.1 Å². The average molecular weight is 449 g/mol. The molecule has 0 spiro atoms. The van der Waals surface area contributed by atoms with E-state index in [9.17, 15) is 18.0 Å². The third-order valence-corrected chi connectivity index (χ3v) is 5.53. The summed E-state index contributed by atoms with van der Waals surface area (Å²) in [6.45, 7) is 2.74. The molecule has 3 rings (SSSR count). The van der Waals surface area contributed by atoms with Gasteiger partial charge in [0.1, 0.15) is 5.82 Å². The van der Waals surface area contributed by atoms with Gasteiger partial charge in [0.05, 0.1) is 17.0 Å². The Bertz CT molecular complexity index is 1010. The van der Waals surface area contributed by atoms with Crippen LogP contribution >= 0.6 is 11.8 Å². The SMILES string of the molecule is CCCn1c(CCc2ccccc2)nnc1SCC(=O)Nc1ccccc1C(F)(F)F. The Balaban J connectivity index is 1.63. The summed E-state index contributed by atoms with van der Waals surface area (Å²) in [7, 11) is 0. The van der Waals surface area contributed by atoms with Crippen molar-refractivity contribution in [1.82, 2.24) is 14.8 Å². The van der Waals surface area contributed by atoms with E-state index in [2.05, 4.69) is 27.6 Å². The molecule has 0 aliphatic carbocycles. The number of thioether (sulfide) groups is 1. The Kier molecular flexibility index (Phi) is 7.73. The Morgan fingerprint density at radius 2 is 1.74 bits per heavy atom. The van der Waals surface area contributed by atoms with Gasteiger partial charge in [-0.25, -0.2) is 0 Å². The van der Waals surface area contributed by atoms with Crippen molar-refractivity contribution in [2.45, 2.75) is 44.1 Å². The average Bonchev–Trinajstić information content (AvgIpc) is 3.13. The Labute approximate surface area is 183 Å². The number of nitrogens with one attached hydrogen (secondary N) is 1. The van der Waals surface area contributed by atoms with Gasteiger partial charge in [-0.2, -0.15) is 13.2 Å². The van der Waals surface area contributed by atoms with Gasteiger partial charge in [-0.15, -0.1) is 10.2 Å². The fraction of sp³-hybridized carbons (Fsp3) is 0.318. The van der Waals surface area contributed by atoms with Crippen LogP contribution in [0.4, 0.5) is 18.9 Å². The fourth-order valence-electron chi connectivity index (χ4n) is 3.12. The molecule has 0 bridgehead atoms. The lowest BCUT2D eigenvalue weighted by molar-refractivity contribution is -0.137. The third kappa shape index (κ3) is 6.33. The molecule has 31 heavy (non-hydrogen) atoms. The van der Waals surface area contributed by atoms with Gasteiger partial charge < -0.3 is 9.88 Å². The van der Waals surface area contributed by atoms with Crippen molar-refractivity contribution in [3.05, 3.63) is 71.5 Å². The lowest BCUT2D eigenvalue weighted by atomic mass is 10.1. The molecule has 164 valence electrons. The van der Waals surface area contributed by atoms with Crippen molar-refractivity contribution in [3.63, 3.8) is 0 Å². The Morgan fingerprint density at radius 3 is 2.45 bits per heavy atom. The zero-order chi connectivity index (χ0) is 22.3. The predicted octanol–water partition coefficient (Wildman–Crippen LogP) is 5.22. The number of rotatable bonds is 9. The highest BCUT2D eigenvalue weighted by Crippen LogP contribution is 2.34. The number of anilines is 1. The quantitative estimate of drug-likeness (QED) is 0.456. The summed E-state index contributed by atoms with van der Waals surface area (Å²) in [6.07, 6.45) is -2.13. The molecule has 0 unspecified atom stereocenters.